The number of sulfonamides is 1. The third kappa shape index (κ3) is 6.63. The van der Waals surface area contributed by atoms with E-state index in [1.54, 1.807) is 19.2 Å². The standard InChI is InChI=1S/C20H27N3O4S/c1-15-4-9-19(27-3)17(12-15)13-23(2)14-20(24)22-11-10-16-5-7-18(8-6-16)28(21,25)26/h4-9,12H,10-11,13-14H2,1-3H3,(H,22,24)(H2,21,25,26)/p+1. The lowest BCUT2D eigenvalue weighted by Crippen LogP contribution is -3.08. The molecule has 0 fully saturated rings. The minimum Gasteiger partial charge on any atom is -0.496 e. The molecule has 2 aromatic carbocycles. The van der Waals surface area contributed by atoms with Gasteiger partial charge in [0, 0.05) is 12.1 Å². The van der Waals surface area contributed by atoms with Crippen molar-refractivity contribution in [2.75, 3.05) is 27.2 Å². The Morgan fingerprint density at radius 1 is 1.18 bits per heavy atom. The van der Waals surface area contributed by atoms with Gasteiger partial charge in [-0.3, -0.25) is 4.79 Å². The first-order chi connectivity index (χ1) is 13.2. The van der Waals surface area contributed by atoms with E-state index in [1.165, 1.54) is 12.1 Å². The summed E-state index contributed by atoms with van der Waals surface area (Å²) in [6, 6.07) is 12.4. The zero-order valence-electron chi connectivity index (χ0n) is 16.5. The molecule has 0 radical (unpaired) electrons. The topological polar surface area (TPSA) is 103 Å². The molecule has 152 valence electrons. The predicted octanol–water partition coefficient (Wildman–Crippen LogP) is 0.0246. The van der Waals surface area contributed by atoms with Crippen molar-refractivity contribution in [2.45, 2.75) is 24.8 Å². The zero-order chi connectivity index (χ0) is 20.7. The monoisotopic (exact) mass is 406 g/mol. The molecule has 8 heteroatoms. The largest absolute Gasteiger partial charge is 0.496 e. The van der Waals surface area contributed by atoms with Gasteiger partial charge in [0.25, 0.3) is 5.91 Å². The molecule has 0 aromatic heterocycles. The summed E-state index contributed by atoms with van der Waals surface area (Å²) in [5.74, 6) is 0.790. The van der Waals surface area contributed by atoms with Gasteiger partial charge in [0.05, 0.1) is 19.1 Å². The van der Waals surface area contributed by atoms with Crippen LogP contribution in [-0.2, 0) is 27.8 Å². The number of nitrogens with one attached hydrogen (secondary N) is 2. The van der Waals surface area contributed by atoms with Gasteiger partial charge in [-0.2, -0.15) is 0 Å². The number of carbonyl (C=O) groups is 1. The average Bonchev–Trinajstić information content (AvgIpc) is 2.61. The Kier molecular flexibility index (Phi) is 7.56. The van der Waals surface area contributed by atoms with E-state index in [-0.39, 0.29) is 10.8 Å². The average molecular weight is 407 g/mol. The van der Waals surface area contributed by atoms with Crippen molar-refractivity contribution in [3.8, 4) is 5.75 Å². The lowest BCUT2D eigenvalue weighted by Gasteiger charge is -2.16. The van der Waals surface area contributed by atoms with Crippen LogP contribution in [0.1, 0.15) is 16.7 Å². The number of hydrogen-bond acceptors (Lipinski definition) is 4. The minimum absolute atomic E-state index is 0.0368. The second-order valence-corrected chi connectivity index (χ2v) is 8.48. The molecule has 0 heterocycles. The molecule has 0 aliphatic heterocycles. The molecule has 1 unspecified atom stereocenters. The van der Waals surface area contributed by atoms with Crippen LogP contribution in [0.4, 0.5) is 0 Å². The van der Waals surface area contributed by atoms with Crippen LogP contribution in [0.5, 0.6) is 5.75 Å². The molecule has 4 N–H and O–H groups in total. The molecule has 0 saturated heterocycles. The van der Waals surface area contributed by atoms with Gasteiger partial charge in [0.1, 0.15) is 12.3 Å². The van der Waals surface area contributed by atoms with Gasteiger partial charge < -0.3 is 15.0 Å². The van der Waals surface area contributed by atoms with Gasteiger partial charge in [-0.05, 0) is 43.2 Å². The number of ether oxygens (including phenoxy) is 1. The third-order valence-electron chi connectivity index (χ3n) is 4.38. The van der Waals surface area contributed by atoms with Crippen molar-refractivity contribution >= 4 is 15.9 Å². The summed E-state index contributed by atoms with van der Waals surface area (Å²) in [5.41, 5.74) is 3.15. The smallest absolute Gasteiger partial charge is 0.275 e. The van der Waals surface area contributed by atoms with E-state index < -0.39 is 10.0 Å². The molecule has 28 heavy (non-hydrogen) atoms. The molecule has 1 amide bonds. The second kappa shape index (κ2) is 9.68. The molecular formula is C20H28N3O4S+. The summed E-state index contributed by atoms with van der Waals surface area (Å²) in [5, 5.41) is 7.98. The molecular weight excluding hydrogens is 378 g/mol. The van der Waals surface area contributed by atoms with Crippen molar-refractivity contribution < 1.29 is 22.8 Å². The quantitative estimate of drug-likeness (QED) is 0.546. The van der Waals surface area contributed by atoms with Crippen LogP contribution in [0.25, 0.3) is 0 Å². The fraction of sp³-hybridized carbons (Fsp3) is 0.350. The van der Waals surface area contributed by atoms with Crippen LogP contribution >= 0.6 is 0 Å². The van der Waals surface area contributed by atoms with E-state index in [4.69, 9.17) is 9.88 Å². The first kappa shape index (κ1) is 21.9. The maximum Gasteiger partial charge on any atom is 0.275 e. The van der Waals surface area contributed by atoms with E-state index in [9.17, 15) is 13.2 Å². The highest BCUT2D eigenvalue weighted by Crippen LogP contribution is 2.18. The summed E-state index contributed by atoms with van der Waals surface area (Å²) < 4.78 is 27.9. The Morgan fingerprint density at radius 2 is 1.86 bits per heavy atom. The number of nitrogens with two attached hydrogens (primary N) is 1. The highest BCUT2D eigenvalue weighted by molar-refractivity contribution is 7.89. The number of carbonyl (C=O) groups excluding carboxylic acids is 1. The van der Waals surface area contributed by atoms with E-state index in [0.717, 1.165) is 27.3 Å². The van der Waals surface area contributed by atoms with E-state index in [1.807, 2.05) is 26.1 Å². The Hall–Kier alpha value is -2.42. The molecule has 0 saturated carbocycles. The number of amides is 1. The van der Waals surface area contributed by atoms with Crippen molar-refractivity contribution in [1.29, 1.82) is 0 Å². The zero-order valence-corrected chi connectivity index (χ0v) is 17.3. The van der Waals surface area contributed by atoms with Crippen LogP contribution in [0.3, 0.4) is 0 Å². The fourth-order valence-corrected chi connectivity index (χ4v) is 3.48. The van der Waals surface area contributed by atoms with E-state index >= 15 is 0 Å². The number of methoxy groups -OCH3 is 1. The van der Waals surface area contributed by atoms with Gasteiger partial charge in [-0.1, -0.05) is 23.8 Å². The molecule has 1 atom stereocenters. The summed E-state index contributed by atoms with van der Waals surface area (Å²) in [4.78, 5) is 13.3. The van der Waals surface area contributed by atoms with Crippen LogP contribution in [-0.4, -0.2) is 41.6 Å². The number of hydrogen-bond donors (Lipinski definition) is 3. The summed E-state index contributed by atoms with van der Waals surface area (Å²) in [6.07, 6.45) is 0.612. The Balaban J connectivity index is 1.80. The molecule has 0 aliphatic carbocycles. The van der Waals surface area contributed by atoms with Crippen LogP contribution in [0.2, 0.25) is 0 Å². The Morgan fingerprint density at radius 3 is 2.46 bits per heavy atom. The Bertz CT molecular complexity index is 912. The van der Waals surface area contributed by atoms with Gasteiger partial charge >= 0.3 is 0 Å². The molecule has 0 aliphatic rings. The van der Waals surface area contributed by atoms with Crippen LogP contribution in [0, 0.1) is 6.92 Å². The first-order valence-corrected chi connectivity index (χ1v) is 10.6. The minimum atomic E-state index is -3.68. The molecule has 2 aromatic rings. The SMILES string of the molecule is COc1ccc(C)cc1C[NH+](C)CC(=O)NCCc1ccc(S(N)(=O)=O)cc1. The van der Waals surface area contributed by atoms with Crippen LogP contribution < -0.4 is 20.1 Å². The highest BCUT2D eigenvalue weighted by atomic mass is 32.2. The van der Waals surface area contributed by atoms with Crippen molar-refractivity contribution in [3.63, 3.8) is 0 Å². The number of quaternary nitrogens is 1. The number of aryl methyl sites for hydroxylation is 1. The first-order valence-electron chi connectivity index (χ1n) is 9.02. The summed E-state index contributed by atoms with van der Waals surface area (Å²) >= 11 is 0. The summed E-state index contributed by atoms with van der Waals surface area (Å²) in [6.45, 7) is 3.55. The van der Waals surface area contributed by atoms with Crippen molar-refractivity contribution in [1.82, 2.24) is 5.32 Å². The van der Waals surface area contributed by atoms with E-state index in [2.05, 4.69) is 11.4 Å². The molecule has 0 spiro atoms. The number of rotatable bonds is 9. The van der Waals surface area contributed by atoms with Crippen LogP contribution in [0.15, 0.2) is 47.4 Å². The molecule has 0 bridgehead atoms. The molecule has 7 nitrogen and oxygen atoms in total. The Labute approximate surface area is 166 Å². The lowest BCUT2D eigenvalue weighted by molar-refractivity contribution is -0.885. The number of benzene rings is 2. The normalized spacial score (nSPS) is 12.4. The highest BCUT2D eigenvalue weighted by Gasteiger charge is 2.13. The molecule has 2 rings (SSSR count). The van der Waals surface area contributed by atoms with Gasteiger partial charge in [-0.15, -0.1) is 0 Å². The number of likely N-dealkylation sites (N-methyl/N-ethyl adjacent to an activating group) is 1. The van der Waals surface area contributed by atoms with Crippen molar-refractivity contribution in [3.05, 3.63) is 59.2 Å². The summed E-state index contributed by atoms with van der Waals surface area (Å²) in [7, 11) is -0.0720. The second-order valence-electron chi connectivity index (χ2n) is 6.91. The number of primary sulfonamides is 1. The van der Waals surface area contributed by atoms with Gasteiger partial charge in [-0.25, -0.2) is 13.6 Å². The van der Waals surface area contributed by atoms with Gasteiger partial charge in [0.15, 0.2) is 6.54 Å². The fourth-order valence-electron chi connectivity index (χ4n) is 2.96. The lowest BCUT2D eigenvalue weighted by atomic mass is 10.1. The maximum absolute atomic E-state index is 12.2. The predicted molar refractivity (Wildman–Crippen MR) is 108 cm³/mol. The third-order valence-corrected chi connectivity index (χ3v) is 5.31. The van der Waals surface area contributed by atoms with Gasteiger partial charge in [0.2, 0.25) is 10.0 Å². The van der Waals surface area contributed by atoms with Crippen molar-refractivity contribution in [2.24, 2.45) is 5.14 Å². The maximum atomic E-state index is 12.2. The van der Waals surface area contributed by atoms with E-state index in [0.29, 0.717) is 26.1 Å².